The average molecular weight is 282 g/mol. The van der Waals surface area contributed by atoms with E-state index in [4.69, 9.17) is 18.9 Å². The van der Waals surface area contributed by atoms with Crippen LogP contribution in [-0.4, -0.2) is 13.9 Å². The summed E-state index contributed by atoms with van der Waals surface area (Å²) in [7, 11) is 1.62. The molecule has 2 aliphatic rings. The summed E-state index contributed by atoms with van der Waals surface area (Å²) in [6, 6.07) is 11.9. The van der Waals surface area contributed by atoms with Gasteiger partial charge in [0.1, 0.15) is 11.5 Å². The van der Waals surface area contributed by atoms with Crippen molar-refractivity contribution in [3.05, 3.63) is 53.6 Å². The van der Waals surface area contributed by atoms with Crippen molar-refractivity contribution in [3.63, 3.8) is 0 Å². The average Bonchev–Trinajstić information content (AvgIpc) is 3.02. The lowest BCUT2D eigenvalue weighted by atomic mass is 10.0. The third kappa shape index (κ3) is 2.00. The minimum absolute atomic E-state index is 0.220. The fourth-order valence-corrected chi connectivity index (χ4v) is 2.58. The van der Waals surface area contributed by atoms with Crippen LogP contribution in [-0.2, 0) is 6.42 Å². The highest BCUT2D eigenvalue weighted by atomic mass is 16.7. The lowest BCUT2D eigenvalue weighted by Gasteiger charge is -2.19. The molecule has 0 saturated heterocycles. The SMILES string of the molecule is COc1cc(C2=CCc3ccccc3O2)cc2c1OCO2. The Hall–Kier alpha value is -2.62. The van der Waals surface area contributed by atoms with E-state index in [1.807, 2.05) is 30.3 Å². The maximum Gasteiger partial charge on any atom is 0.231 e. The van der Waals surface area contributed by atoms with Gasteiger partial charge in [0, 0.05) is 5.56 Å². The first-order chi connectivity index (χ1) is 10.3. The van der Waals surface area contributed by atoms with E-state index in [-0.39, 0.29) is 6.79 Å². The highest BCUT2D eigenvalue weighted by Crippen LogP contribution is 2.44. The Morgan fingerprint density at radius 1 is 1.05 bits per heavy atom. The molecular weight excluding hydrogens is 268 g/mol. The summed E-state index contributed by atoms with van der Waals surface area (Å²) in [4.78, 5) is 0. The molecule has 0 N–H and O–H groups in total. The van der Waals surface area contributed by atoms with Crippen LogP contribution in [0, 0.1) is 0 Å². The van der Waals surface area contributed by atoms with Crippen molar-refractivity contribution in [2.75, 3.05) is 13.9 Å². The van der Waals surface area contributed by atoms with Gasteiger partial charge in [-0.15, -0.1) is 0 Å². The smallest absolute Gasteiger partial charge is 0.231 e. The summed E-state index contributed by atoms with van der Waals surface area (Å²) in [5, 5.41) is 0. The third-order valence-corrected chi connectivity index (χ3v) is 3.64. The topological polar surface area (TPSA) is 36.9 Å². The first kappa shape index (κ1) is 12.1. The molecule has 2 aromatic rings. The first-order valence-electron chi connectivity index (χ1n) is 6.79. The van der Waals surface area contributed by atoms with Crippen molar-refractivity contribution in [1.82, 2.24) is 0 Å². The highest BCUT2D eigenvalue weighted by Gasteiger charge is 2.23. The number of rotatable bonds is 2. The van der Waals surface area contributed by atoms with Gasteiger partial charge >= 0.3 is 0 Å². The van der Waals surface area contributed by atoms with Gasteiger partial charge in [0.25, 0.3) is 0 Å². The van der Waals surface area contributed by atoms with Crippen molar-refractivity contribution in [2.24, 2.45) is 0 Å². The van der Waals surface area contributed by atoms with Gasteiger partial charge < -0.3 is 18.9 Å². The molecule has 0 amide bonds. The molecule has 21 heavy (non-hydrogen) atoms. The van der Waals surface area contributed by atoms with Gasteiger partial charge in [-0.3, -0.25) is 0 Å². The molecule has 0 aromatic heterocycles. The fraction of sp³-hybridized carbons (Fsp3) is 0.176. The summed E-state index contributed by atoms with van der Waals surface area (Å²) < 4.78 is 22.2. The van der Waals surface area contributed by atoms with Crippen LogP contribution in [0.2, 0.25) is 0 Å². The summed E-state index contributed by atoms with van der Waals surface area (Å²) in [6.07, 6.45) is 2.92. The zero-order valence-electron chi connectivity index (χ0n) is 11.6. The predicted octanol–water partition coefficient (Wildman–Crippen LogP) is 3.40. The number of hydrogen-bond donors (Lipinski definition) is 0. The Kier molecular flexibility index (Phi) is 2.74. The van der Waals surface area contributed by atoms with Crippen molar-refractivity contribution in [2.45, 2.75) is 6.42 Å². The molecule has 4 rings (SSSR count). The second kappa shape index (κ2) is 4.74. The van der Waals surface area contributed by atoms with E-state index in [9.17, 15) is 0 Å². The molecule has 0 bridgehead atoms. The Bertz CT molecular complexity index is 734. The van der Waals surface area contributed by atoms with Crippen LogP contribution in [0.3, 0.4) is 0 Å². The van der Waals surface area contributed by atoms with Gasteiger partial charge in [0.2, 0.25) is 12.5 Å². The quantitative estimate of drug-likeness (QED) is 0.846. The van der Waals surface area contributed by atoms with Crippen molar-refractivity contribution >= 4 is 5.76 Å². The number of para-hydroxylation sites is 1. The van der Waals surface area contributed by atoms with Crippen molar-refractivity contribution in [3.8, 4) is 23.0 Å². The number of hydrogen-bond acceptors (Lipinski definition) is 4. The van der Waals surface area contributed by atoms with E-state index < -0.39 is 0 Å². The molecule has 0 atom stereocenters. The maximum absolute atomic E-state index is 5.99. The zero-order chi connectivity index (χ0) is 14.2. The van der Waals surface area contributed by atoms with E-state index in [0.29, 0.717) is 17.2 Å². The summed E-state index contributed by atoms with van der Waals surface area (Å²) in [5.74, 6) is 3.70. The van der Waals surface area contributed by atoms with E-state index >= 15 is 0 Å². The number of fused-ring (bicyclic) bond motifs is 2. The maximum atomic E-state index is 5.99. The van der Waals surface area contributed by atoms with Crippen molar-refractivity contribution in [1.29, 1.82) is 0 Å². The molecule has 4 nitrogen and oxygen atoms in total. The molecule has 0 aliphatic carbocycles. The monoisotopic (exact) mass is 282 g/mol. The zero-order valence-corrected chi connectivity index (χ0v) is 11.6. The molecule has 2 heterocycles. The second-order valence-electron chi connectivity index (χ2n) is 4.89. The third-order valence-electron chi connectivity index (χ3n) is 3.64. The lowest BCUT2D eigenvalue weighted by molar-refractivity contribution is 0.171. The van der Waals surface area contributed by atoms with Crippen LogP contribution in [0.15, 0.2) is 42.5 Å². The number of ether oxygens (including phenoxy) is 4. The van der Waals surface area contributed by atoms with E-state index in [1.165, 1.54) is 5.56 Å². The minimum atomic E-state index is 0.220. The Balaban J connectivity index is 1.74. The molecule has 0 spiro atoms. The van der Waals surface area contributed by atoms with Crippen LogP contribution >= 0.6 is 0 Å². The normalized spacial score (nSPS) is 15.0. The van der Waals surface area contributed by atoms with Gasteiger partial charge in [0.05, 0.1) is 7.11 Å². The minimum Gasteiger partial charge on any atom is -0.493 e. The Morgan fingerprint density at radius 3 is 2.86 bits per heavy atom. The van der Waals surface area contributed by atoms with Crippen molar-refractivity contribution < 1.29 is 18.9 Å². The van der Waals surface area contributed by atoms with E-state index in [2.05, 4.69) is 12.1 Å². The molecule has 4 heteroatoms. The molecular formula is C17H14O4. The summed E-state index contributed by atoms with van der Waals surface area (Å²) >= 11 is 0. The molecule has 106 valence electrons. The number of allylic oxidation sites excluding steroid dienone is 1. The Labute approximate surface area is 122 Å². The molecule has 0 radical (unpaired) electrons. The number of methoxy groups -OCH3 is 1. The van der Waals surface area contributed by atoms with Gasteiger partial charge in [-0.25, -0.2) is 0 Å². The van der Waals surface area contributed by atoms with Crippen LogP contribution in [0.25, 0.3) is 5.76 Å². The summed E-state index contributed by atoms with van der Waals surface area (Å²) in [6.45, 7) is 0.220. The fourth-order valence-electron chi connectivity index (χ4n) is 2.58. The second-order valence-corrected chi connectivity index (χ2v) is 4.89. The van der Waals surface area contributed by atoms with Crippen LogP contribution in [0.1, 0.15) is 11.1 Å². The van der Waals surface area contributed by atoms with Gasteiger partial charge in [0.15, 0.2) is 11.5 Å². The number of benzene rings is 2. The molecule has 0 saturated carbocycles. The largest absolute Gasteiger partial charge is 0.493 e. The highest BCUT2D eigenvalue weighted by molar-refractivity contribution is 5.70. The Morgan fingerprint density at radius 2 is 1.95 bits per heavy atom. The van der Waals surface area contributed by atoms with E-state index in [1.54, 1.807) is 7.11 Å². The van der Waals surface area contributed by atoms with Crippen LogP contribution < -0.4 is 18.9 Å². The predicted molar refractivity (Wildman–Crippen MR) is 77.9 cm³/mol. The van der Waals surface area contributed by atoms with Gasteiger partial charge in [-0.2, -0.15) is 0 Å². The van der Waals surface area contributed by atoms with Gasteiger partial charge in [-0.1, -0.05) is 18.2 Å². The molecule has 2 aliphatic heterocycles. The van der Waals surface area contributed by atoms with Crippen LogP contribution in [0.5, 0.6) is 23.0 Å². The van der Waals surface area contributed by atoms with Crippen LogP contribution in [0.4, 0.5) is 0 Å². The van der Waals surface area contributed by atoms with Gasteiger partial charge in [-0.05, 0) is 36.3 Å². The first-order valence-corrected chi connectivity index (χ1v) is 6.79. The molecule has 0 fully saturated rings. The van der Waals surface area contributed by atoms with E-state index in [0.717, 1.165) is 23.5 Å². The summed E-state index contributed by atoms with van der Waals surface area (Å²) in [5.41, 5.74) is 2.11. The molecule has 2 aromatic carbocycles. The standard InChI is InChI=1S/C17H14O4/c1-18-15-8-12(9-16-17(15)20-10-19-16)14-7-6-11-4-2-3-5-13(11)21-14/h2-5,7-9H,6,10H2,1H3. The molecule has 0 unspecified atom stereocenters. The lowest BCUT2D eigenvalue weighted by Crippen LogP contribution is -2.04.